The summed E-state index contributed by atoms with van der Waals surface area (Å²) in [6.45, 7) is 0.586. The van der Waals surface area contributed by atoms with Crippen LogP contribution < -0.4 is 5.73 Å². The maximum absolute atomic E-state index is 5.54. The van der Waals surface area contributed by atoms with Gasteiger partial charge in [-0.25, -0.2) is 0 Å². The summed E-state index contributed by atoms with van der Waals surface area (Å²) in [5, 5.41) is 0. The second kappa shape index (κ2) is 7.39. The fraction of sp³-hybridized carbons (Fsp3) is 0.714. The summed E-state index contributed by atoms with van der Waals surface area (Å²) in [4.78, 5) is 0. The summed E-state index contributed by atoms with van der Waals surface area (Å²) in [7, 11) is 0. The maximum Gasteiger partial charge on any atom is 0.0260 e. The van der Waals surface area contributed by atoms with Crippen LogP contribution in [0.2, 0.25) is 0 Å². The number of allylic oxidation sites excluding steroid dienone is 1. The van der Waals surface area contributed by atoms with Crippen LogP contribution in [-0.4, -0.2) is 18.3 Å². The van der Waals surface area contributed by atoms with Crippen LogP contribution in [-0.2, 0) is 0 Å². The van der Waals surface area contributed by atoms with E-state index in [-0.39, 0.29) is 0 Å². The van der Waals surface area contributed by atoms with Crippen molar-refractivity contribution in [2.45, 2.75) is 12.8 Å². The highest BCUT2D eigenvalue weighted by Crippen LogP contribution is 2.08. The van der Waals surface area contributed by atoms with Crippen molar-refractivity contribution < 1.29 is 0 Å². The van der Waals surface area contributed by atoms with Gasteiger partial charge in [0, 0.05) is 18.3 Å². The Hall–Kier alpha value is 0.280. The zero-order chi connectivity index (χ0) is 7.82. The number of alkyl halides is 2. The van der Waals surface area contributed by atoms with Gasteiger partial charge in [0.2, 0.25) is 0 Å². The van der Waals surface area contributed by atoms with Crippen LogP contribution in [0.1, 0.15) is 12.8 Å². The van der Waals surface area contributed by atoms with Crippen LogP contribution in [0.25, 0.3) is 0 Å². The van der Waals surface area contributed by atoms with E-state index >= 15 is 0 Å². The zero-order valence-electron chi connectivity index (χ0n) is 5.95. The average Bonchev–Trinajstić information content (AvgIpc) is 1.90. The third-order valence-corrected chi connectivity index (χ3v) is 1.62. The van der Waals surface area contributed by atoms with Gasteiger partial charge in [0.05, 0.1) is 0 Å². The molecule has 0 spiro atoms. The Labute approximate surface area is 72.2 Å². The number of halogens is 2. The van der Waals surface area contributed by atoms with Gasteiger partial charge >= 0.3 is 0 Å². The molecule has 0 aromatic heterocycles. The number of hydrogen-bond acceptors (Lipinski definition) is 1. The molecule has 0 aromatic carbocycles. The second-order valence-electron chi connectivity index (χ2n) is 1.98. The van der Waals surface area contributed by atoms with Gasteiger partial charge in [-0.05, 0) is 12.8 Å². The number of rotatable bonds is 5. The second-order valence-corrected chi connectivity index (χ2v) is 2.73. The molecular formula is C7H13Cl2N. The van der Waals surface area contributed by atoms with Crippen molar-refractivity contribution in [3.63, 3.8) is 0 Å². The Morgan fingerprint density at radius 3 is 2.00 bits per heavy atom. The fourth-order valence-electron chi connectivity index (χ4n) is 0.739. The van der Waals surface area contributed by atoms with Crippen molar-refractivity contribution in [3.05, 3.63) is 11.6 Å². The van der Waals surface area contributed by atoms with Crippen molar-refractivity contribution >= 4 is 23.2 Å². The van der Waals surface area contributed by atoms with E-state index in [1.807, 2.05) is 6.08 Å². The molecule has 10 heavy (non-hydrogen) atoms. The van der Waals surface area contributed by atoms with Gasteiger partial charge in [-0.2, -0.15) is 0 Å². The highest BCUT2D eigenvalue weighted by molar-refractivity contribution is 6.18. The predicted molar refractivity (Wildman–Crippen MR) is 47.8 cm³/mol. The minimum atomic E-state index is 0.586. The Bertz CT molecular complexity index is 93.8. The SMILES string of the molecule is NCC=C(CCCl)CCCl. The molecule has 0 aromatic rings. The minimum Gasteiger partial charge on any atom is -0.327 e. The smallest absolute Gasteiger partial charge is 0.0260 e. The van der Waals surface area contributed by atoms with Crippen molar-refractivity contribution in [3.8, 4) is 0 Å². The summed E-state index contributed by atoms with van der Waals surface area (Å²) in [6.07, 6.45) is 3.81. The molecule has 0 saturated carbocycles. The van der Waals surface area contributed by atoms with Crippen LogP contribution >= 0.6 is 23.2 Å². The third-order valence-electron chi connectivity index (χ3n) is 1.24. The maximum atomic E-state index is 5.54. The van der Waals surface area contributed by atoms with Crippen LogP contribution in [0, 0.1) is 0 Å². The Morgan fingerprint density at radius 1 is 1.20 bits per heavy atom. The molecule has 0 aliphatic carbocycles. The quantitative estimate of drug-likeness (QED) is 0.511. The first kappa shape index (κ1) is 10.3. The monoisotopic (exact) mass is 181 g/mol. The van der Waals surface area contributed by atoms with Crippen LogP contribution in [0.5, 0.6) is 0 Å². The van der Waals surface area contributed by atoms with E-state index < -0.39 is 0 Å². The summed E-state index contributed by atoms with van der Waals surface area (Å²) in [6, 6.07) is 0. The molecule has 1 nitrogen and oxygen atoms in total. The summed E-state index contributed by atoms with van der Waals surface area (Å²) < 4.78 is 0. The predicted octanol–water partition coefficient (Wildman–Crippen LogP) is 2.13. The molecule has 0 aliphatic heterocycles. The molecule has 0 aliphatic rings. The first-order chi connectivity index (χ1) is 4.85. The van der Waals surface area contributed by atoms with Gasteiger partial charge in [-0.1, -0.05) is 11.6 Å². The third kappa shape index (κ3) is 5.10. The standard InChI is InChI=1S/C7H13Cl2N/c8-4-1-7(2-5-9)3-6-10/h3H,1-2,4-6,10H2. The lowest BCUT2D eigenvalue weighted by Gasteiger charge is -2.00. The lowest BCUT2D eigenvalue weighted by molar-refractivity contribution is 0.970. The van der Waals surface area contributed by atoms with Gasteiger partial charge in [-0.3, -0.25) is 0 Å². The highest BCUT2D eigenvalue weighted by Gasteiger charge is 1.93. The number of hydrogen-bond donors (Lipinski definition) is 1. The average molecular weight is 182 g/mol. The fourth-order valence-corrected chi connectivity index (χ4v) is 1.22. The van der Waals surface area contributed by atoms with E-state index in [0.717, 1.165) is 12.8 Å². The molecule has 0 saturated heterocycles. The van der Waals surface area contributed by atoms with Gasteiger partial charge in [0.1, 0.15) is 0 Å². The molecule has 0 rings (SSSR count). The van der Waals surface area contributed by atoms with Gasteiger partial charge in [0.15, 0.2) is 0 Å². The molecule has 0 atom stereocenters. The number of nitrogens with two attached hydrogens (primary N) is 1. The molecular weight excluding hydrogens is 169 g/mol. The Morgan fingerprint density at radius 2 is 1.70 bits per heavy atom. The first-order valence-corrected chi connectivity index (χ1v) is 4.42. The Balaban J connectivity index is 3.60. The first-order valence-electron chi connectivity index (χ1n) is 3.35. The van der Waals surface area contributed by atoms with E-state index in [9.17, 15) is 0 Å². The van der Waals surface area contributed by atoms with Gasteiger partial charge < -0.3 is 5.73 Å². The van der Waals surface area contributed by atoms with E-state index in [1.165, 1.54) is 5.57 Å². The van der Waals surface area contributed by atoms with E-state index in [2.05, 4.69) is 0 Å². The molecule has 0 unspecified atom stereocenters. The van der Waals surface area contributed by atoms with Crippen molar-refractivity contribution in [2.24, 2.45) is 5.73 Å². The molecule has 0 heterocycles. The molecule has 0 fully saturated rings. The summed E-state index contributed by atoms with van der Waals surface area (Å²) in [5.74, 6) is 1.31. The van der Waals surface area contributed by atoms with Crippen molar-refractivity contribution in [2.75, 3.05) is 18.3 Å². The van der Waals surface area contributed by atoms with Gasteiger partial charge in [0.25, 0.3) is 0 Å². The molecule has 0 radical (unpaired) electrons. The highest BCUT2D eigenvalue weighted by atomic mass is 35.5. The lowest BCUT2D eigenvalue weighted by Crippen LogP contribution is -1.97. The molecule has 2 N–H and O–H groups in total. The van der Waals surface area contributed by atoms with E-state index in [0.29, 0.717) is 18.3 Å². The van der Waals surface area contributed by atoms with Crippen molar-refractivity contribution in [1.82, 2.24) is 0 Å². The molecule has 60 valence electrons. The zero-order valence-corrected chi connectivity index (χ0v) is 7.46. The van der Waals surface area contributed by atoms with Gasteiger partial charge in [-0.15, -0.1) is 23.2 Å². The molecule has 3 heteroatoms. The van der Waals surface area contributed by atoms with Crippen LogP contribution in [0.15, 0.2) is 11.6 Å². The van der Waals surface area contributed by atoms with Crippen molar-refractivity contribution in [1.29, 1.82) is 0 Å². The normalized spacial score (nSPS) is 9.50. The largest absolute Gasteiger partial charge is 0.327 e. The summed E-state index contributed by atoms with van der Waals surface area (Å²) in [5.41, 5.74) is 6.60. The molecule has 0 bridgehead atoms. The molecule has 0 amide bonds. The Kier molecular flexibility index (Phi) is 7.59. The topological polar surface area (TPSA) is 26.0 Å². The van der Waals surface area contributed by atoms with Crippen LogP contribution in [0.3, 0.4) is 0 Å². The van der Waals surface area contributed by atoms with Crippen LogP contribution in [0.4, 0.5) is 0 Å². The minimum absolute atomic E-state index is 0.586. The lowest BCUT2D eigenvalue weighted by atomic mass is 10.1. The van der Waals surface area contributed by atoms with E-state index in [1.54, 1.807) is 0 Å². The summed E-state index contributed by atoms with van der Waals surface area (Å²) >= 11 is 11.1. The van der Waals surface area contributed by atoms with E-state index in [4.69, 9.17) is 28.9 Å².